The van der Waals surface area contributed by atoms with Crippen molar-refractivity contribution >= 4 is 23.1 Å². The first-order valence-corrected chi connectivity index (χ1v) is 8.85. The van der Waals surface area contributed by atoms with Crippen molar-refractivity contribution < 1.29 is 19.4 Å². The number of aliphatic carboxylic acids is 1. The van der Waals surface area contributed by atoms with Crippen molar-refractivity contribution in [1.29, 1.82) is 0 Å². The molecule has 0 bridgehead atoms. The predicted octanol–water partition coefficient (Wildman–Crippen LogP) is 3.76. The zero-order chi connectivity index (χ0) is 19.4. The molecule has 6 heteroatoms. The number of pyridine rings is 1. The van der Waals surface area contributed by atoms with Gasteiger partial charge in [0.1, 0.15) is 5.75 Å². The van der Waals surface area contributed by atoms with E-state index in [-0.39, 0.29) is 12.3 Å². The van der Waals surface area contributed by atoms with Gasteiger partial charge < -0.3 is 14.7 Å². The van der Waals surface area contributed by atoms with E-state index in [4.69, 9.17) is 9.84 Å². The van der Waals surface area contributed by atoms with Crippen molar-refractivity contribution in [1.82, 2.24) is 4.98 Å². The Hall–Kier alpha value is -3.15. The number of ether oxygens (including phenoxy) is 1. The van der Waals surface area contributed by atoms with Crippen LogP contribution in [0.15, 0.2) is 42.7 Å². The molecular weight excluding hydrogens is 344 g/mol. The summed E-state index contributed by atoms with van der Waals surface area (Å²) < 4.78 is 5.38. The SMILES string of the molecule is COc1ccc2c(c1)/C(=C\CCCCC(=O)O)c1cnccc1C(=O)N2C. The van der Waals surface area contributed by atoms with Crippen molar-refractivity contribution in [2.24, 2.45) is 0 Å². The summed E-state index contributed by atoms with van der Waals surface area (Å²) in [6.07, 6.45) is 7.63. The molecule has 1 aliphatic rings. The number of anilines is 1. The Morgan fingerprint density at radius 3 is 2.78 bits per heavy atom. The molecule has 0 atom stereocenters. The standard InChI is InChI=1S/C21H22N2O4/c1-23-19-9-8-14(27-2)12-17(19)15(6-4-3-5-7-20(24)25)18-13-22-11-10-16(18)21(23)26/h6,8-13H,3-5,7H2,1-2H3,(H,24,25)/b15-6+. The number of amides is 1. The van der Waals surface area contributed by atoms with Gasteiger partial charge in [0.15, 0.2) is 0 Å². The van der Waals surface area contributed by atoms with Crippen LogP contribution < -0.4 is 9.64 Å². The highest BCUT2D eigenvalue weighted by Crippen LogP contribution is 2.39. The second kappa shape index (κ2) is 8.03. The van der Waals surface area contributed by atoms with Gasteiger partial charge in [-0.2, -0.15) is 0 Å². The van der Waals surface area contributed by atoms with E-state index in [2.05, 4.69) is 11.1 Å². The molecule has 0 radical (unpaired) electrons. The summed E-state index contributed by atoms with van der Waals surface area (Å²) in [4.78, 5) is 29.5. The molecular formula is C21H22N2O4. The van der Waals surface area contributed by atoms with E-state index in [1.807, 2.05) is 18.2 Å². The van der Waals surface area contributed by atoms with Gasteiger partial charge in [-0.25, -0.2) is 0 Å². The lowest BCUT2D eigenvalue weighted by molar-refractivity contribution is -0.137. The molecule has 3 rings (SSSR count). The van der Waals surface area contributed by atoms with Gasteiger partial charge in [0, 0.05) is 37.0 Å². The number of carbonyl (C=O) groups excluding carboxylic acids is 1. The third kappa shape index (κ3) is 3.84. The molecule has 27 heavy (non-hydrogen) atoms. The number of hydrogen-bond donors (Lipinski definition) is 1. The first-order valence-electron chi connectivity index (χ1n) is 8.85. The summed E-state index contributed by atoms with van der Waals surface area (Å²) in [5.74, 6) is -0.166. The second-order valence-electron chi connectivity index (χ2n) is 6.43. The van der Waals surface area contributed by atoms with Gasteiger partial charge in [-0.1, -0.05) is 6.08 Å². The lowest BCUT2D eigenvalue weighted by Gasteiger charge is -2.18. The van der Waals surface area contributed by atoms with Gasteiger partial charge >= 0.3 is 5.97 Å². The minimum atomic E-state index is -0.783. The summed E-state index contributed by atoms with van der Waals surface area (Å²) in [5, 5.41) is 8.79. The molecule has 140 valence electrons. The number of unbranched alkanes of at least 4 members (excludes halogenated alkanes) is 2. The Balaban J connectivity index is 2.07. The zero-order valence-corrected chi connectivity index (χ0v) is 15.4. The molecule has 1 aromatic carbocycles. The van der Waals surface area contributed by atoms with E-state index < -0.39 is 5.97 Å². The van der Waals surface area contributed by atoms with E-state index in [1.165, 1.54) is 0 Å². The molecule has 0 unspecified atom stereocenters. The number of allylic oxidation sites excluding steroid dienone is 1. The molecule has 2 heterocycles. The molecule has 1 amide bonds. The minimum Gasteiger partial charge on any atom is -0.497 e. The van der Waals surface area contributed by atoms with Gasteiger partial charge in [0.2, 0.25) is 0 Å². The summed E-state index contributed by atoms with van der Waals surface area (Å²) in [5.41, 5.74) is 3.99. The van der Waals surface area contributed by atoms with E-state index >= 15 is 0 Å². The van der Waals surface area contributed by atoms with Gasteiger partial charge in [-0.15, -0.1) is 0 Å². The predicted molar refractivity (Wildman–Crippen MR) is 103 cm³/mol. The Labute approximate surface area is 158 Å². The van der Waals surface area contributed by atoms with Gasteiger partial charge in [-0.05, 0) is 49.1 Å². The van der Waals surface area contributed by atoms with Crippen molar-refractivity contribution in [3.05, 3.63) is 59.4 Å². The van der Waals surface area contributed by atoms with E-state index in [0.717, 1.165) is 28.8 Å². The van der Waals surface area contributed by atoms with Crippen LogP contribution in [0.5, 0.6) is 5.75 Å². The summed E-state index contributed by atoms with van der Waals surface area (Å²) in [7, 11) is 3.37. The van der Waals surface area contributed by atoms with Crippen LogP contribution in [0.25, 0.3) is 5.57 Å². The number of carboxylic acids is 1. The molecule has 2 aromatic rings. The number of benzene rings is 1. The fourth-order valence-corrected chi connectivity index (χ4v) is 3.27. The molecule has 1 aliphatic heterocycles. The number of carbonyl (C=O) groups is 2. The highest BCUT2D eigenvalue weighted by molar-refractivity contribution is 6.13. The average Bonchev–Trinajstić information content (AvgIpc) is 2.76. The number of rotatable bonds is 6. The first-order chi connectivity index (χ1) is 13.0. The quantitative estimate of drug-likeness (QED) is 0.788. The van der Waals surface area contributed by atoms with Crippen LogP contribution in [-0.2, 0) is 4.79 Å². The molecule has 0 aliphatic carbocycles. The fraction of sp³-hybridized carbons (Fsp3) is 0.286. The van der Waals surface area contributed by atoms with Gasteiger partial charge in [0.05, 0.1) is 18.4 Å². The molecule has 1 N–H and O–H groups in total. The second-order valence-corrected chi connectivity index (χ2v) is 6.43. The van der Waals surface area contributed by atoms with Gasteiger partial charge in [-0.3, -0.25) is 14.6 Å². The van der Waals surface area contributed by atoms with Crippen LogP contribution in [0.4, 0.5) is 5.69 Å². The maximum Gasteiger partial charge on any atom is 0.303 e. The minimum absolute atomic E-state index is 0.0897. The lowest BCUT2D eigenvalue weighted by Crippen LogP contribution is -2.26. The lowest BCUT2D eigenvalue weighted by atomic mass is 9.94. The van der Waals surface area contributed by atoms with Crippen LogP contribution in [0, 0.1) is 0 Å². The molecule has 0 fully saturated rings. The monoisotopic (exact) mass is 366 g/mol. The Morgan fingerprint density at radius 2 is 2.04 bits per heavy atom. The smallest absolute Gasteiger partial charge is 0.303 e. The number of fused-ring (bicyclic) bond motifs is 2. The van der Waals surface area contributed by atoms with Crippen LogP contribution in [0.3, 0.4) is 0 Å². The first kappa shape index (κ1) is 18.6. The summed E-state index contributed by atoms with van der Waals surface area (Å²) in [6, 6.07) is 7.37. The van der Waals surface area contributed by atoms with Crippen molar-refractivity contribution in [2.75, 3.05) is 19.1 Å². The normalized spacial score (nSPS) is 14.5. The average molecular weight is 366 g/mol. The number of nitrogens with zero attached hydrogens (tertiary/aromatic N) is 2. The fourth-order valence-electron chi connectivity index (χ4n) is 3.27. The Bertz CT molecular complexity index is 905. The highest BCUT2D eigenvalue weighted by atomic mass is 16.5. The Kier molecular flexibility index (Phi) is 5.54. The van der Waals surface area contributed by atoms with Crippen LogP contribution >= 0.6 is 0 Å². The molecule has 0 saturated carbocycles. The van der Waals surface area contributed by atoms with Crippen LogP contribution in [-0.4, -0.2) is 36.1 Å². The molecule has 0 saturated heterocycles. The van der Waals surface area contributed by atoms with Crippen LogP contribution in [0.2, 0.25) is 0 Å². The van der Waals surface area contributed by atoms with E-state index in [1.54, 1.807) is 37.5 Å². The topological polar surface area (TPSA) is 79.7 Å². The molecule has 6 nitrogen and oxygen atoms in total. The zero-order valence-electron chi connectivity index (χ0n) is 15.4. The summed E-state index contributed by atoms with van der Waals surface area (Å²) in [6.45, 7) is 0. The van der Waals surface area contributed by atoms with Crippen molar-refractivity contribution in [3.8, 4) is 5.75 Å². The molecule has 1 aromatic heterocycles. The number of carboxylic acid groups (broad SMARTS) is 1. The summed E-state index contributed by atoms with van der Waals surface area (Å²) >= 11 is 0. The maximum absolute atomic E-state index is 12.9. The number of hydrogen-bond acceptors (Lipinski definition) is 4. The van der Waals surface area contributed by atoms with Crippen LogP contribution in [0.1, 0.15) is 47.2 Å². The third-order valence-electron chi connectivity index (χ3n) is 4.69. The Morgan fingerprint density at radius 1 is 1.22 bits per heavy atom. The van der Waals surface area contributed by atoms with Crippen molar-refractivity contribution in [2.45, 2.75) is 25.7 Å². The number of aromatic nitrogens is 1. The number of methoxy groups -OCH3 is 1. The largest absolute Gasteiger partial charge is 0.497 e. The molecule has 0 spiro atoms. The maximum atomic E-state index is 12.9. The van der Waals surface area contributed by atoms with Crippen molar-refractivity contribution in [3.63, 3.8) is 0 Å². The van der Waals surface area contributed by atoms with E-state index in [0.29, 0.717) is 24.2 Å². The van der Waals surface area contributed by atoms with E-state index in [9.17, 15) is 9.59 Å². The third-order valence-corrected chi connectivity index (χ3v) is 4.69. The highest BCUT2D eigenvalue weighted by Gasteiger charge is 2.27. The van der Waals surface area contributed by atoms with Gasteiger partial charge in [0.25, 0.3) is 5.91 Å².